The summed E-state index contributed by atoms with van der Waals surface area (Å²) in [4.78, 5) is 17.9. The van der Waals surface area contributed by atoms with Crippen LogP contribution in [0.25, 0.3) is 10.4 Å². The second kappa shape index (κ2) is 5.52. The first-order chi connectivity index (χ1) is 9.78. The molecule has 1 aliphatic heterocycles. The van der Waals surface area contributed by atoms with Crippen molar-refractivity contribution in [1.82, 2.24) is 5.48 Å². The highest BCUT2D eigenvalue weighted by Crippen LogP contribution is 2.36. The normalized spacial score (nSPS) is 13.1. The lowest BCUT2D eigenvalue weighted by atomic mass is 10.1. The molecule has 2 heterocycles. The van der Waals surface area contributed by atoms with Crippen LogP contribution < -0.4 is 15.0 Å². The molecular formula is C14H13NO4S. The minimum absolute atomic E-state index is 0.249. The van der Waals surface area contributed by atoms with Gasteiger partial charge >= 0.3 is 0 Å². The smallest absolute Gasteiger partial charge is 0.284 e. The molecule has 0 saturated carbocycles. The number of thiophene rings is 1. The maximum atomic E-state index is 11.7. The van der Waals surface area contributed by atoms with Crippen molar-refractivity contribution in [2.45, 2.75) is 0 Å². The molecule has 0 radical (unpaired) electrons. The number of amides is 1. The van der Waals surface area contributed by atoms with Gasteiger partial charge in [0.1, 0.15) is 13.2 Å². The van der Waals surface area contributed by atoms with E-state index in [0.29, 0.717) is 18.1 Å². The number of fused-ring (bicyclic) bond motifs is 1. The predicted molar refractivity (Wildman–Crippen MR) is 75.2 cm³/mol. The Morgan fingerprint density at radius 2 is 2.00 bits per heavy atom. The molecule has 1 aromatic heterocycles. The molecule has 0 bridgehead atoms. The summed E-state index contributed by atoms with van der Waals surface area (Å²) in [5, 5.41) is 0. The Bertz CT molecular complexity index is 638. The molecule has 1 aromatic carbocycles. The summed E-state index contributed by atoms with van der Waals surface area (Å²) >= 11 is 1.40. The molecule has 0 saturated heterocycles. The third kappa shape index (κ3) is 2.48. The van der Waals surface area contributed by atoms with Crippen molar-refractivity contribution in [3.63, 3.8) is 0 Å². The molecule has 0 spiro atoms. The van der Waals surface area contributed by atoms with Gasteiger partial charge in [-0.15, -0.1) is 11.3 Å². The fourth-order valence-electron chi connectivity index (χ4n) is 1.95. The number of nitrogens with one attached hydrogen (secondary N) is 1. The van der Waals surface area contributed by atoms with E-state index in [-0.39, 0.29) is 5.91 Å². The number of hydrogen-bond donors (Lipinski definition) is 1. The van der Waals surface area contributed by atoms with Gasteiger partial charge in [-0.3, -0.25) is 9.63 Å². The zero-order chi connectivity index (χ0) is 13.9. The minimum atomic E-state index is -0.249. The predicted octanol–water partition coefficient (Wildman–Crippen LogP) is 2.48. The highest BCUT2D eigenvalue weighted by molar-refractivity contribution is 7.17. The van der Waals surface area contributed by atoms with Gasteiger partial charge in [0.2, 0.25) is 0 Å². The summed E-state index contributed by atoms with van der Waals surface area (Å²) in [5.74, 6) is 1.25. The molecule has 1 amide bonds. The zero-order valence-electron chi connectivity index (χ0n) is 10.8. The lowest BCUT2D eigenvalue weighted by Gasteiger charge is -2.18. The van der Waals surface area contributed by atoms with Gasteiger partial charge in [0.25, 0.3) is 5.91 Å². The first-order valence-corrected chi connectivity index (χ1v) is 6.93. The molecule has 5 nitrogen and oxygen atoms in total. The fourth-order valence-corrected chi connectivity index (χ4v) is 2.84. The topological polar surface area (TPSA) is 56.8 Å². The van der Waals surface area contributed by atoms with Gasteiger partial charge in [-0.05, 0) is 35.9 Å². The highest BCUT2D eigenvalue weighted by atomic mass is 32.1. The van der Waals surface area contributed by atoms with Gasteiger partial charge in [0.05, 0.1) is 12.0 Å². The monoisotopic (exact) mass is 291 g/mol. The molecular weight excluding hydrogens is 278 g/mol. The van der Waals surface area contributed by atoms with E-state index in [2.05, 4.69) is 10.3 Å². The first-order valence-electron chi connectivity index (χ1n) is 6.11. The van der Waals surface area contributed by atoms with Gasteiger partial charge in [-0.1, -0.05) is 0 Å². The third-order valence-corrected chi connectivity index (χ3v) is 3.98. The van der Waals surface area contributed by atoms with E-state index in [4.69, 9.17) is 9.47 Å². The van der Waals surface area contributed by atoms with Crippen LogP contribution in [0.2, 0.25) is 0 Å². The van der Waals surface area contributed by atoms with Gasteiger partial charge in [-0.2, -0.15) is 0 Å². The summed E-state index contributed by atoms with van der Waals surface area (Å²) in [6, 6.07) is 9.44. The van der Waals surface area contributed by atoms with Gasteiger partial charge in [-0.25, -0.2) is 5.48 Å². The number of carbonyl (C=O) groups is 1. The lowest BCUT2D eigenvalue weighted by Crippen LogP contribution is -2.20. The molecule has 6 heteroatoms. The second-order valence-corrected chi connectivity index (χ2v) is 5.24. The van der Waals surface area contributed by atoms with Crippen LogP contribution in [0.3, 0.4) is 0 Å². The maximum Gasteiger partial charge on any atom is 0.284 e. The maximum absolute atomic E-state index is 11.7. The molecule has 0 atom stereocenters. The Labute approximate surface area is 120 Å². The Kier molecular flexibility index (Phi) is 3.58. The quantitative estimate of drug-likeness (QED) is 0.883. The summed E-state index contributed by atoms with van der Waals surface area (Å²) in [5.41, 5.74) is 3.30. The number of hydrogen-bond acceptors (Lipinski definition) is 5. The van der Waals surface area contributed by atoms with Crippen LogP contribution in [0, 0.1) is 0 Å². The van der Waals surface area contributed by atoms with Crippen LogP contribution in [-0.2, 0) is 4.84 Å². The molecule has 0 fully saturated rings. The highest BCUT2D eigenvalue weighted by Gasteiger charge is 2.14. The Balaban J connectivity index is 1.87. The van der Waals surface area contributed by atoms with Crippen LogP contribution in [0.1, 0.15) is 9.67 Å². The molecule has 3 rings (SSSR count). The molecule has 0 unspecified atom stereocenters. The zero-order valence-corrected chi connectivity index (χ0v) is 11.7. The Morgan fingerprint density at radius 1 is 1.20 bits per heavy atom. The standard InChI is InChI=1S/C14H13NO4S/c1-17-15-14(16)13-5-4-12(20-13)9-2-3-10-11(8-9)19-7-6-18-10/h2-5,8H,6-7H2,1H3,(H,15,16). The van der Waals surface area contributed by atoms with Crippen molar-refractivity contribution in [2.24, 2.45) is 0 Å². The number of benzene rings is 1. The molecule has 20 heavy (non-hydrogen) atoms. The number of rotatable bonds is 3. The second-order valence-electron chi connectivity index (χ2n) is 4.16. The fraction of sp³-hybridized carbons (Fsp3) is 0.214. The van der Waals surface area contributed by atoms with Gasteiger partial charge < -0.3 is 9.47 Å². The van der Waals surface area contributed by atoms with E-state index in [1.165, 1.54) is 18.4 Å². The molecule has 1 N–H and O–H groups in total. The van der Waals surface area contributed by atoms with Crippen molar-refractivity contribution in [3.05, 3.63) is 35.2 Å². The minimum Gasteiger partial charge on any atom is -0.486 e. The number of hydroxylamine groups is 1. The van der Waals surface area contributed by atoms with Crippen molar-refractivity contribution < 1.29 is 19.1 Å². The molecule has 2 aromatic rings. The third-order valence-electron chi connectivity index (χ3n) is 2.85. The average Bonchev–Trinajstić information content (AvgIpc) is 2.97. The SMILES string of the molecule is CONC(=O)c1ccc(-c2ccc3c(c2)OCCO3)s1. The molecule has 1 aliphatic rings. The summed E-state index contributed by atoms with van der Waals surface area (Å²) < 4.78 is 11.0. The van der Waals surface area contributed by atoms with Crippen molar-refractivity contribution in [2.75, 3.05) is 20.3 Å². The summed E-state index contributed by atoms with van der Waals surface area (Å²) in [6.45, 7) is 1.13. The van der Waals surface area contributed by atoms with Gasteiger partial charge in [0.15, 0.2) is 11.5 Å². The van der Waals surface area contributed by atoms with Crippen LogP contribution in [0.15, 0.2) is 30.3 Å². The largest absolute Gasteiger partial charge is 0.486 e. The Hall–Kier alpha value is -2.05. The average molecular weight is 291 g/mol. The van der Waals surface area contributed by atoms with Crippen LogP contribution in [0.5, 0.6) is 11.5 Å². The van der Waals surface area contributed by atoms with Crippen LogP contribution >= 0.6 is 11.3 Å². The molecule has 104 valence electrons. The van der Waals surface area contributed by atoms with E-state index in [9.17, 15) is 4.79 Å². The Morgan fingerprint density at radius 3 is 2.80 bits per heavy atom. The van der Waals surface area contributed by atoms with Crippen LogP contribution in [-0.4, -0.2) is 26.2 Å². The van der Waals surface area contributed by atoms with Crippen molar-refractivity contribution in [1.29, 1.82) is 0 Å². The van der Waals surface area contributed by atoms with E-state index in [1.807, 2.05) is 24.3 Å². The molecule has 0 aliphatic carbocycles. The first kappa shape index (κ1) is 13.0. The van der Waals surface area contributed by atoms with E-state index >= 15 is 0 Å². The summed E-state index contributed by atoms with van der Waals surface area (Å²) in [7, 11) is 1.41. The van der Waals surface area contributed by atoms with Crippen LogP contribution in [0.4, 0.5) is 0 Å². The van der Waals surface area contributed by atoms with Gasteiger partial charge in [0, 0.05) is 4.88 Å². The van der Waals surface area contributed by atoms with Crippen molar-refractivity contribution in [3.8, 4) is 21.9 Å². The summed E-state index contributed by atoms with van der Waals surface area (Å²) in [6.07, 6.45) is 0. The lowest BCUT2D eigenvalue weighted by molar-refractivity contribution is 0.0542. The van der Waals surface area contributed by atoms with E-state index < -0.39 is 0 Å². The number of carbonyl (C=O) groups excluding carboxylic acids is 1. The van der Waals surface area contributed by atoms with E-state index in [0.717, 1.165) is 21.9 Å². The van der Waals surface area contributed by atoms with Crippen molar-refractivity contribution >= 4 is 17.2 Å². The van der Waals surface area contributed by atoms with E-state index in [1.54, 1.807) is 6.07 Å². The number of ether oxygens (including phenoxy) is 2.